The van der Waals surface area contributed by atoms with Gasteiger partial charge < -0.3 is 19.5 Å². The third-order valence-electron chi connectivity index (χ3n) is 3.43. The van der Waals surface area contributed by atoms with Crippen LogP contribution >= 0.6 is 0 Å². The van der Waals surface area contributed by atoms with E-state index in [1.165, 1.54) is 6.07 Å². The highest BCUT2D eigenvalue weighted by molar-refractivity contribution is 5.87. The molecule has 1 saturated heterocycles. The van der Waals surface area contributed by atoms with Crippen molar-refractivity contribution in [2.75, 3.05) is 19.7 Å². The van der Waals surface area contributed by atoms with E-state index in [1.54, 1.807) is 17.0 Å². The first-order chi connectivity index (χ1) is 10.8. The maximum absolute atomic E-state index is 12.3. The number of carbonyl (C=O) groups excluding carboxylic acids is 1. The summed E-state index contributed by atoms with van der Waals surface area (Å²) in [7, 11) is 0. The lowest BCUT2D eigenvalue weighted by atomic mass is 10.1. The molecule has 0 saturated carbocycles. The lowest BCUT2D eigenvalue weighted by molar-refractivity contribution is 0.0139. The van der Waals surface area contributed by atoms with Crippen LogP contribution in [0.25, 0.3) is 0 Å². The maximum atomic E-state index is 12.3. The molecule has 1 amide bonds. The van der Waals surface area contributed by atoms with Crippen molar-refractivity contribution in [2.24, 2.45) is 0 Å². The fourth-order valence-electron chi connectivity index (χ4n) is 2.39. The van der Waals surface area contributed by atoms with Gasteiger partial charge in [-0.15, -0.1) is 0 Å². The molecule has 0 radical (unpaired) electrons. The molecule has 1 aliphatic heterocycles. The first kappa shape index (κ1) is 17.3. The molecule has 0 bridgehead atoms. The highest BCUT2D eigenvalue weighted by Gasteiger charge is 2.27. The van der Waals surface area contributed by atoms with E-state index in [4.69, 9.17) is 14.6 Å². The Bertz CT molecular complexity index is 579. The summed E-state index contributed by atoms with van der Waals surface area (Å²) in [5.74, 6) is -0.982. The Morgan fingerprint density at radius 1 is 1.35 bits per heavy atom. The Labute approximate surface area is 136 Å². The summed E-state index contributed by atoms with van der Waals surface area (Å²) in [4.78, 5) is 25.0. The molecule has 1 aromatic rings. The van der Waals surface area contributed by atoms with Crippen LogP contribution in [0.2, 0.25) is 0 Å². The number of amides is 1. The third kappa shape index (κ3) is 4.96. The molecule has 2 rings (SSSR count). The third-order valence-corrected chi connectivity index (χ3v) is 3.43. The minimum absolute atomic E-state index is 0.208. The van der Waals surface area contributed by atoms with E-state index in [2.05, 4.69) is 0 Å². The van der Waals surface area contributed by atoms with Gasteiger partial charge in [-0.25, -0.2) is 9.59 Å². The molecule has 1 atom stereocenters. The van der Waals surface area contributed by atoms with Gasteiger partial charge in [0.2, 0.25) is 0 Å². The van der Waals surface area contributed by atoms with E-state index in [9.17, 15) is 9.59 Å². The number of benzene rings is 1. The van der Waals surface area contributed by atoms with Gasteiger partial charge in [-0.2, -0.15) is 0 Å². The van der Waals surface area contributed by atoms with Crippen molar-refractivity contribution in [2.45, 2.75) is 38.9 Å². The molecule has 0 spiro atoms. The Kier molecular flexibility index (Phi) is 5.26. The molecule has 23 heavy (non-hydrogen) atoms. The largest absolute Gasteiger partial charge is 0.478 e. The van der Waals surface area contributed by atoms with Crippen molar-refractivity contribution < 1.29 is 24.2 Å². The Balaban J connectivity index is 2.15. The van der Waals surface area contributed by atoms with Crippen molar-refractivity contribution in [3.05, 3.63) is 35.4 Å². The second kappa shape index (κ2) is 7.00. The Morgan fingerprint density at radius 2 is 2.09 bits per heavy atom. The van der Waals surface area contributed by atoms with Crippen LogP contribution in [0.3, 0.4) is 0 Å². The number of aromatic carboxylic acids is 1. The topological polar surface area (TPSA) is 76.1 Å². The summed E-state index contributed by atoms with van der Waals surface area (Å²) < 4.78 is 11.2. The number of ether oxygens (including phenoxy) is 2. The van der Waals surface area contributed by atoms with Crippen LogP contribution in [0.4, 0.5) is 4.79 Å². The van der Waals surface area contributed by atoms with E-state index < -0.39 is 11.6 Å². The molecule has 0 unspecified atom stereocenters. The zero-order chi connectivity index (χ0) is 17.0. The number of nitrogens with zero attached hydrogens (tertiary/aromatic N) is 1. The van der Waals surface area contributed by atoms with Gasteiger partial charge in [-0.05, 0) is 44.9 Å². The van der Waals surface area contributed by atoms with Crippen LogP contribution in [-0.4, -0.2) is 47.4 Å². The second-order valence-electron chi connectivity index (χ2n) is 6.57. The van der Waals surface area contributed by atoms with Crippen molar-refractivity contribution in [3.8, 4) is 0 Å². The fourth-order valence-corrected chi connectivity index (χ4v) is 2.39. The Hall–Kier alpha value is -2.08. The monoisotopic (exact) mass is 321 g/mol. The van der Waals surface area contributed by atoms with E-state index in [0.29, 0.717) is 26.1 Å². The standard InChI is InChI=1S/C17H23NO5/c1-17(2,3)23-16(21)18-8-5-9-22-14(11-18)12-6-4-7-13(10-12)15(19)20/h4,6-7,10,14H,5,8-9,11H2,1-3H3,(H,19,20)/t14-/m0/s1. The number of carbonyl (C=O) groups is 2. The van der Waals surface area contributed by atoms with Gasteiger partial charge >= 0.3 is 12.1 Å². The van der Waals surface area contributed by atoms with E-state index in [1.807, 2.05) is 26.8 Å². The number of hydrogen-bond acceptors (Lipinski definition) is 4. The molecule has 1 heterocycles. The van der Waals surface area contributed by atoms with Crippen LogP contribution in [-0.2, 0) is 9.47 Å². The first-order valence-corrected chi connectivity index (χ1v) is 7.69. The molecule has 1 aliphatic rings. The molecule has 0 aliphatic carbocycles. The van der Waals surface area contributed by atoms with Crippen molar-refractivity contribution >= 4 is 12.1 Å². The number of rotatable bonds is 2. The summed E-state index contributed by atoms with van der Waals surface area (Å²) in [5.41, 5.74) is 0.405. The highest BCUT2D eigenvalue weighted by atomic mass is 16.6. The summed E-state index contributed by atoms with van der Waals surface area (Å²) in [6.45, 7) is 6.90. The number of carboxylic acid groups (broad SMARTS) is 1. The van der Waals surface area contributed by atoms with Gasteiger partial charge in [0.05, 0.1) is 12.1 Å². The van der Waals surface area contributed by atoms with E-state index >= 15 is 0 Å². The Morgan fingerprint density at radius 3 is 2.74 bits per heavy atom. The number of hydrogen-bond donors (Lipinski definition) is 1. The molecule has 1 aromatic carbocycles. The van der Waals surface area contributed by atoms with Gasteiger partial charge in [0.25, 0.3) is 0 Å². The lowest BCUT2D eigenvalue weighted by Gasteiger charge is -2.28. The van der Waals surface area contributed by atoms with Gasteiger partial charge in [0.15, 0.2) is 0 Å². The van der Waals surface area contributed by atoms with Crippen LogP contribution < -0.4 is 0 Å². The van der Waals surface area contributed by atoms with Gasteiger partial charge in [-0.3, -0.25) is 0 Å². The van der Waals surface area contributed by atoms with Crippen LogP contribution in [0.5, 0.6) is 0 Å². The SMILES string of the molecule is CC(C)(C)OC(=O)N1CCCO[C@H](c2cccc(C(=O)O)c2)C1. The molecule has 6 nitrogen and oxygen atoms in total. The quantitative estimate of drug-likeness (QED) is 0.906. The normalized spacial score (nSPS) is 19.1. The van der Waals surface area contributed by atoms with E-state index in [0.717, 1.165) is 5.56 Å². The van der Waals surface area contributed by atoms with Crippen LogP contribution in [0.1, 0.15) is 49.2 Å². The van der Waals surface area contributed by atoms with E-state index in [-0.39, 0.29) is 17.8 Å². The van der Waals surface area contributed by atoms with Gasteiger partial charge in [0.1, 0.15) is 11.7 Å². The smallest absolute Gasteiger partial charge is 0.410 e. The summed E-state index contributed by atoms with van der Waals surface area (Å²) >= 11 is 0. The maximum Gasteiger partial charge on any atom is 0.410 e. The van der Waals surface area contributed by atoms with Gasteiger partial charge in [0, 0.05) is 13.2 Å². The van der Waals surface area contributed by atoms with Crippen LogP contribution in [0, 0.1) is 0 Å². The average molecular weight is 321 g/mol. The molecule has 1 N–H and O–H groups in total. The fraction of sp³-hybridized carbons (Fsp3) is 0.529. The highest BCUT2D eigenvalue weighted by Crippen LogP contribution is 2.24. The predicted octanol–water partition coefficient (Wildman–Crippen LogP) is 3.08. The second-order valence-corrected chi connectivity index (χ2v) is 6.57. The minimum Gasteiger partial charge on any atom is -0.478 e. The zero-order valence-electron chi connectivity index (χ0n) is 13.7. The molecule has 1 fully saturated rings. The molecule has 0 aromatic heterocycles. The average Bonchev–Trinajstić information content (AvgIpc) is 2.71. The van der Waals surface area contributed by atoms with Crippen LogP contribution in [0.15, 0.2) is 24.3 Å². The summed E-state index contributed by atoms with van der Waals surface area (Å²) in [6, 6.07) is 6.63. The van der Waals surface area contributed by atoms with Crippen molar-refractivity contribution in [3.63, 3.8) is 0 Å². The summed E-state index contributed by atoms with van der Waals surface area (Å²) in [6.07, 6.45) is -0.0133. The minimum atomic E-state index is -0.982. The molecular formula is C17H23NO5. The zero-order valence-corrected chi connectivity index (χ0v) is 13.7. The predicted molar refractivity (Wildman–Crippen MR) is 84.5 cm³/mol. The molecular weight excluding hydrogens is 298 g/mol. The molecule has 6 heteroatoms. The summed E-state index contributed by atoms with van der Waals surface area (Å²) in [5, 5.41) is 9.11. The van der Waals surface area contributed by atoms with Gasteiger partial charge in [-0.1, -0.05) is 12.1 Å². The molecule has 126 valence electrons. The van der Waals surface area contributed by atoms with Crippen molar-refractivity contribution in [1.29, 1.82) is 0 Å². The number of carboxylic acids is 1. The lowest BCUT2D eigenvalue weighted by Crippen LogP contribution is -2.38. The van der Waals surface area contributed by atoms with Crippen molar-refractivity contribution in [1.82, 2.24) is 4.90 Å². The first-order valence-electron chi connectivity index (χ1n) is 7.69.